The van der Waals surface area contributed by atoms with Crippen LogP contribution < -0.4 is 4.43 Å². The van der Waals surface area contributed by atoms with E-state index >= 15 is 0 Å². The van der Waals surface area contributed by atoms with Crippen molar-refractivity contribution in [2.45, 2.75) is 12.4 Å². The average Bonchev–Trinajstić information content (AvgIpc) is 1.99. The average molecular weight is 240 g/mol. The van der Waals surface area contributed by atoms with Gasteiger partial charge in [0.25, 0.3) is 0 Å². The van der Waals surface area contributed by atoms with Gasteiger partial charge in [-0.3, -0.25) is 0 Å². The van der Waals surface area contributed by atoms with Crippen LogP contribution in [0.25, 0.3) is 0 Å². The Labute approximate surface area is 89.3 Å². The molecule has 2 radical (unpaired) electrons. The van der Waals surface area contributed by atoms with E-state index in [1.54, 1.807) is 0 Å². The van der Waals surface area contributed by atoms with Crippen LogP contribution in [0, 0.1) is 0 Å². The Bertz CT molecular complexity index is 332. The van der Waals surface area contributed by atoms with Crippen LogP contribution in [0.5, 0.6) is 0 Å². The lowest BCUT2D eigenvalue weighted by molar-refractivity contribution is -0.142. The van der Waals surface area contributed by atoms with Gasteiger partial charge in [-0.1, -0.05) is 12.1 Å². The summed E-state index contributed by atoms with van der Waals surface area (Å²) in [7, 11) is 0. The minimum absolute atomic E-state index is 0.0908. The minimum Gasteiger partial charge on any atom is -0.166 e. The Hall–Kier alpha value is -0.668. The molecule has 0 bridgehead atoms. The van der Waals surface area contributed by atoms with Crippen LogP contribution in [0.2, 0.25) is 0 Å². The monoisotopic (exact) mass is 240 g/mol. The Morgan fingerprint density at radius 2 is 1.07 bits per heavy atom. The number of hydrogen-bond donors (Lipinski definition) is 0. The van der Waals surface area contributed by atoms with E-state index in [4.69, 9.17) is 0 Å². The van der Waals surface area contributed by atoms with E-state index in [1.807, 2.05) is 16.3 Å². The van der Waals surface area contributed by atoms with Gasteiger partial charge in [-0.15, -0.1) is 4.43 Å². The van der Waals surface area contributed by atoms with Gasteiger partial charge in [0, 0.05) is 0 Å². The molecule has 0 aromatic heterocycles. The van der Waals surface area contributed by atoms with Crippen molar-refractivity contribution in [3.63, 3.8) is 0 Å². The zero-order valence-electron chi connectivity index (χ0n) is 7.08. The van der Waals surface area contributed by atoms with E-state index in [9.17, 15) is 26.3 Å². The second kappa shape index (κ2) is 3.72. The number of rotatable bonds is 0. The quantitative estimate of drug-likeness (QED) is 0.482. The molecular formula is C8H3AlF6. The SMILES string of the molecule is FC(F)(F)c1c[c]([Al])cc(C(F)(F)F)c1. The number of alkyl halides is 6. The molecule has 1 aromatic rings. The fourth-order valence-electron chi connectivity index (χ4n) is 0.979. The largest absolute Gasteiger partial charge is 0.416 e. The summed E-state index contributed by atoms with van der Waals surface area (Å²) in [5, 5.41) is 0. The van der Waals surface area contributed by atoms with E-state index in [-0.39, 0.29) is 10.5 Å². The maximum Gasteiger partial charge on any atom is 0.416 e. The molecule has 15 heavy (non-hydrogen) atoms. The highest BCUT2D eigenvalue weighted by Gasteiger charge is 2.36. The summed E-state index contributed by atoms with van der Waals surface area (Å²) in [5.41, 5.74) is -2.61. The second-order valence-electron chi connectivity index (χ2n) is 2.84. The molecule has 0 aliphatic carbocycles. The Balaban J connectivity index is 3.30. The molecule has 0 saturated heterocycles. The molecule has 7 heteroatoms. The van der Waals surface area contributed by atoms with Crippen molar-refractivity contribution in [3.05, 3.63) is 29.3 Å². The van der Waals surface area contributed by atoms with Crippen molar-refractivity contribution < 1.29 is 26.3 Å². The summed E-state index contributed by atoms with van der Waals surface area (Å²) in [5.74, 6) is 0. The lowest BCUT2D eigenvalue weighted by Gasteiger charge is -2.12. The van der Waals surface area contributed by atoms with Crippen LogP contribution in [0.4, 0.5) is 26.3 Å². The van der Waals surface area contributed by atoms with E-state index in [0.29, 0.717) is 12.1 Å². The topological polar surface area (TPSA) is 0 Å². The van der Waals surface area contributed by atoms with Gasteiger partial charge in [-0.05, 0) is 6.07 Å². The minimum atomic E-state index is -4.77. The van der Waals surface area contributed by atoms with Gasteiger partial charge in [0.05, 0.1) is 11.1 Å². The zero-order chi connectivity index (χ0) is 11.9. The maximum atomic E-state index is 12.2. The normalized spacial score (nSPS) is 12.9. The molecule has 80 valence electrons. The molecule has 1 rings (SSSR count). The smallest absolute Gasteiger partial charge is 0.166 e. The summed E-state index contributed by atoms with van der Waals surface area (Å²) in [6.07, 6.45) is -9.54. The highest BCUT2D eigenvalue weighted by Crippen LogP contribution is 2.34. The van der Waals surface area contributed by atoms with Gasteiger partial charge in [-0.2, -0.15) is 26.3 Å². The zero-order valence-corrected chi connectivity index (χ0v) is 8.23. The summed E-state index contributed by atoms with van der Waals surface area (Å²) in [6, 6.07) is 1.37. The van der Waals surface area contributed by atoms with Crippen LogP contribution >= 0.6 is 0 Å². The van der Waals surface area contributed by atoms with Gasteiger partial charge in [0.1, 0.15) is 0 Å². The molecule has 0 N–H and O–H groups in total. The Morgan fingerprint density at radius 1 is 0.733 bits per heavy atom. The number of halogens is 6. The van der Waals surface area contributed by atoms with E-state index in [0.717, 1.165) is 0 Å². The number of hydrogen-bond acceptors (Lipinski definition) is 0. The highest BCUT2D eigenvalue weighted by atomic mass is 27.0. The van der Waals surface area contributed by atoms with Crippen LogP contribution in [0.3, 0.4) is 0 Å². The highest BCUT2D eigenvalue weighted by molar-refractivity contribution is 6.32. The lowest BCUT2D eigenvalue weighted by Crippen LogP contribution is -2.16. The van der Waals surface area contributed by atoms with Gasteiger partial charge in [0.15, 0.2) is 16.3 Å². The van der Waals surface area contributed by atoms with Crippen molar-refractivity contribution in [2.24, 2.45) is 0 Å². The van der Waals surface area contributed by atoms with Crippen LogP contribution in [0.1, 0.15) is 11.1 Å². The molecule has 0 fully saturated rings. The molecule has 0 spiro atoms. The second-order valence-corrected chi connectivity index (χ2v) is 3.51. The van der Waals surface area contributed by atoms with Crippen molar-refractivity contribution >= 4 is 20.7 Å². The predicted molar refractivity (Wildman–Crippen MR) is 41.8 cm³/mol. The first-order valence-electron chi connectivity index (χ1n) is 3.65. The Morgan fingerprint density at radius 3 is 1.33 bits per heavy atom. The summed E-state index contributed by atoms with van der Waals surface area (Å²) < 4.78 is 72.8. The summed E-state index contributed by atoms with van der Waals surface area (Å²) in [6.45, 7) is 0. The Kier molecular flexibility index (Phi) is 3.08. The third kappa shape index (κ3) is 3.15. The molecule has 0 atom stereocenters. The van der Waals surface area contributed by atoms with Crippen LogP contribution in [0.15, 0.2) is 18.2 Å². The fourth-order valence-corrected chi connectivity index (χ4v) is 1.34. The third-order valence-corrected chi connectivity index (χ3v) is 1.94. The first-order chi connectivity index (χ1) is 6.60. The maximum absolute atomic E-state index is 12.2. The lowest BCUT2D eigenvalue weighted by atomic mass is 10.1. The van der Waals surface area contributed by atoms with Gasteiger partial charge in [0.2, 0.25) is 0 Å². The van der Waals surface area contributed by atoms with E-state index in [2.05, 4.69) is 0 Å². The summed E-state index contributed by atoms with van der Waals surface area (Å²) >= 11 is 1.81. The molecule has 0 aliphatic rings. The van der Waals surface area contributed by atoms with Gasteiger partial charge >= 0.3 is 12.4 Å². The van der Waals surface area contributed by atoms with E-state index < -0.39 is 23.5 Å². The van der Waals surface area contributed by atoms with Crippen molar-refractivity contribution in [1.29, 1.82) is 0 Å². The van der Waals surface area contributed by atoms with Crippen LogP contribution in [-0.4, -0.2) is 16.3 Å². The standard InChI is InChI=1S/C8H3F6.Al/c9-7(10,11)5-2-1-3-6(4-5)8(12,13)14;/h2-4H;. The molecule has 0 unspecified atom stereocenters. The fraction of sp³-hybridized carbons (Fsp3) is 0.250. The number of benzene rings is 1. The molecule has 0 amide bonds. The van der Waals surface area contributed by atoms with Crippen LogP contribution in [-0.2, 0) is 12.4 Å². The molecule has 0 nitrogen and oxygen atoms in total. The predicted octanol–water partition coefficient (Wildman–Crippen LogP) is 2.52. The molecule has 0 aliphatic heterocycles. The first kappa shape index (κ1) is 12.4. The van der Waals surface area contributed by atoms with Gasteiger partial charge in [-0.25, -0.2) is 0 Å². The van der Waals surface area contributed by atoms with Crippen molar-refractivity contribution in [1.82, 2.24) is 0 Å². The third-order valence-electron chi connectivity index (χ3n) is 1.61. The molecule has 0 saturated carbocycles. The summed E-state index contributed by atoms with van der Waals surface area (Å²) in [4.78, 5) is 0. The molecular weight excluding hydrogens is 237 g/mol. The van der Waals surface area contributed by atoms with Gasteiger partial charge < -0.3 is 0 Å². The first-order valence-corrected chi connectivity index (χ1v) is 4.23. The van der Waals surface area contributed by atoms with Crippen molar-refractivity contribution in [3.8, 4) is 0 Å². The van der Waals surface area contributed by atoms with Crippen molar-refractivity contribution in [2.75, 3.05) is 0 Å². The van der Waals surface area contributed by atoms with E-state index in [1.165, 1.54) is 0 Å². The molecule has 0 heterocycles. The molecule has 1 aromatic carbocycles.